The number of fused-ring (bicyclic) bond motifs is 2. The maximum absolute atomic E-state index is 12.5. The number of rotatable bonds is 2. The summed E-state index contributed by atoms with van der Waals surface area (Å²) in [5.74, 6) is 0.392. The number of aromatic nitrogens is 2. The number of amides is 1. The molecule has 0 aliphatic carbocycles. The van der Waals surface area contributed by atoms with E-state index in [1.54, 1.807) is 11.0 Å². The van der Waals surface area contributed by atoms with E-state index in [1.807, 2.05) is 0 Å². The second-order valence-corrected chi connectivity index (χ2v) is 6.74. The predicted octanol–water partition coefficient (Wildman–Crippen LogP) is -1.54. The first-order valence-corrected chi connectivity index (χ1v) is 8.55. The minimum absolute atomic E-state index is 0.235. The number of hydrogen-bond acceptors (Lipinski definition) is 9. The molecule has 3 aliphatic rings. The van der Waals surface area contributed by atoms with Gasteiger partial charge in [-0.05, 0) is 6.08 Å². The molecule has 4 heterocycles. The van der Waals surface area contributed by atoms with Crippen LogP contribution in [0.2, 0.25) is 0 Å². The quantitative estimate of drug-likeness (QED) is 0.361. The van der Waals surface area contributed by atoms with Crippen LogP contribution in [0.4, 0.5) is 11.6 Å². The van der Waals surface area contributed by atoms with Crippen LogP contribution in [0.15, 0.2) is 34.9 Å². The Balaban J connectivity index is 1.70. The lowest BCUT2D eigenvalue weighted by Crippen LogP contribution is -2.64. The number of halogens is 1. The second-order valence-electron chi connectivity index (χ2n) is 6.33. The van der Waals surface area contributed by atoms with Gasteiger partial charge in [-0.15, -0.1) is 0 Å². The van der Waals surface area contributed by atoms with Gasteiger partial charge in [-0.25, -0.2) is 9.97 Å². The number of nitrogens with zero attached hydrogens (tertiary/aromatic N) is 3. The Labute approximate surface area is 154 Å². The number of aliphatic hydroxyl groups excluding tert-OH is 1. The summed E-state index contributed by atoms with van der Waals surface area (Å²) < 4.78 is 0. The fourth-order valence-electron chi connectivity index (χ4n) is 3.43. The average Bonchev–Trinajstić information content (AvgIpc) is 2.73. The fourth-order valence-corrected chi connectivity index (χ4v) is 3.72. The highest BCUT2D eigenvalue weighted by Crippen LogP contribution is 2.37. The van der Waals surface area contributed by atoms with Crippen LogP contribution in [0.25, 0.3) is 0 Å². The smallest absolute Gasteiger partial charge is 0.271 e. The number of carbonyl (C=O) groups excluding carboxylic acids is 1. The number of anilines is 2. The summed E-state index contributed by atoms with van der Waals surface area (Å²) >= 11 is 6.36. The number of nitrogen functional groups attached to an aromatic ring is 1. The lowest BCUT2D eigenvalue weighted by atomic mass is 10.1. The third-order valence-corrected chi connectivity index (χ3v) is 4.86. The third-order valence-electron chi connectivity index (χ3n) is 4.57. The molecule has 3 aliphatic heterocycles. The first-order valence-electron chi connectivity index (χ1n) is 8.17. The molecule has 1 aromatic heterocycles. The molecule has 26 heavy (non-hydrogen) atoms. The van der Waals surface area contributed by atoms with Gasteiger partial charge >= 0.3 is 0 Å². The first kappa shape index (κ1) is 17.0. The first-order chi connectivity index (χ1) is 12.5. The largest absolute Gasteiger partial charge is 0.384 e. The van der Waals surface area contributed by atoms with E-state index in [2.05, 4.69) is 31.2 Å². The van der Waals surface area contributed by atoms with Crippen LogP contribution in [0.5, 0.6) is 0 Å². The number of carbonyl (C=O) groups is 1. The molecule has 7 N–H and O–H groups in total. The molecule has 2 saturated heterocycles. The zero-order chi connectivity index (χ0) is 18.3. The van der Waals surface area contributed by atoms with Crippen molar-refractivity contribution in [2.24, 2.45) is 0 Å². The van der Waals surface area contributed by atoms with Crippen molar-refractivity contribution in [1.82, 2.24) is 30.8 Å². The van der Waals surface area contributed by atoms with E-state index in [0.29, 0.717) is 30.4 Å². The van der Waals surface area contributed by atoms with E-state index in [9.17, 15) is 9.90 Å². The normalized spacial score (nSPS) is 24.8. The third kappa shape index (κ3) is 2.76. The van der Waals surface area contributed by atoms with Gasteiger partial charge in [0.1, 0.15) is 29.3 Å². The monoisotopic (exact) mass is 378 g/mol. The van der Waals surface area contributed by atoms with Crippen LogP contribution < -0.4 is 27.0 Å². The molecule has 0 bridgehead atoms. The molecule has 10 nitrogen and oxygen atoms in total. The van der Waals surface area contributed by atoms with Crippen molar-refractivity contribution in [2.45, 2.75) is 11.9 Å². The second kappa shape index (κ2) is 6.40. The Hall–Kier alpha value is -2.40. The van der Waals surface area contributed by atoms with E-state index in [1.165, 1.54) is 12.4 Å². The van der Waals surface area contributed by atoms with Crippen LogP contribution in [0.1, 0.15) is 0 Å². The Kier molecular flexibility index (Phi) is 4.19. The SMILES string of the molecule is Nc1cc(NC2=CC(Cl)=C3C(=O)NC4(CNCCNC4)N3C2O)ncn1. The summed E-state index contributed by atoms with van der Waals surface area (Å²) in [5, 5.41) is 23.7. The zero-order valence-electron chi connectivity index (χ0n) is 13.8. The molecule has 1 amide bonds. The molecule has 4 rings (SSSR count). The number of allylic oxidation sites excluding steroid dienone is 2. The Morgan fingerprint density at radius 1 is 1.35 bits per heavy atom. The molecular weight excluding hydrogens is 360 g/mol. The van der Waals surface area contributed by atoms with E-state index in [0.717, 1.165) is 13.1 Å². The molecule has 0 radical (unpaired) electrons. The summed E-state index contributed by atoms with van der Waals surface area (Å²) in [6.45, 7) is 2.44. The Bertz CT molecular complexity index is 803. The molecular formula is C15H19ClN8O2. The van der Waals surface area contributed by atoms with E-state index < -0.39 is 11.9 Å². The highest BCUT2D eigenvalue weighted by atomic mass is 35.5. The van der Waals surface area contributed by atoms with Crippen LogP contribution in [-0.2, 0) is 4.79 Å². The maximum Gasteiger partial charge on any atom is 0.271 e. The van der Waals surface area contributed by atoms with Crippen LogP contribution in [0.3, 0.4) is 0 Å². The van der Waals surface area contributed by atoms with E-state index >= 15 is 0 Å². The predicted molar refractivity (Wildman–Crippen MR) is 95.5 cm³/mol. The lowest BCUT2D eigenvalue weighted by molar-refractivity contribution is -0.117. The summed E-state index contributed by atoms with van der Waals surface area (Å²) in [5.41, 5.74) is 5.48. The van der Waals surface area contributed by atoms with Crippen molar-refractivity contribution in [3.8, 4) is 0 Å². The average molecular weight is 379 g/mol. The number of nitrogens with two attached hydrogens (primary N) is 1. The van der Waals surface area contributed by atoms with Gasteiger partial charge in [0.2, 0.25) is 0 Å². The van der Waals surface area contributed by atoms with Crippen LogP contribution >= 0.6 is 11.6 Å². The van der Waals surface area contributed by atoms with Crippen molar-refractivity contribution < 1.29 is 9.90 Å². The van der Waals surface area contributed by atoms with Crippen LogP contribution in [0, 0.1) is 0 Å². The Morgan fingerprint density at radius 3 is 2.77 bits per heavy atom. The minimum Gasteiger partial charge on any atom is -0.384 e. The van der Waals surface area contributed by atoms with Crippen LogP contribution in [-0.4, -0.2) is 64.0 Å². The molecule has 1 atom stereocenters. The molecule has 11 heteroatoms. The number of hydrogen-bond donors (Lipinski definition) is 6. The zero-order valence-corrected chi connectivity index (χ0v) is 14.5. The molecule has 1 unspecified atom stereocenters. The summed E-state index contributed by atoms with van der Waals surface area (Å²) in [7, 11) is 0. The topological polar surface area (TPSA) is 140 Å². The highest BCUT2D eigenvalue weighted by molar-refractivity contribution is 6.33. The Morgan fingerprint density at radius 2 is 2.08 bits per heavy atom. The molecule has 2 fully saturated rings. The number of nitrogens with one attached hydrogen (secondary N) is 4. The molecule has 0 saturated carbocycles. The van der Waals surface area contributed by atoms with Gasteiger partial charge in [0.25, 0.3) is 5.91 Å². The lowest BCUT2D eigenvalue weighted by Gasteiger charge is -2.43. The van der Waals surface area contributed by atoms with E-state index in [-0.39, 0.29) is 16.6 Å². The van der Waals surface area contributed by atoms with Gasteiger partial charge in [0.15, 0.2) is 6.23 Å². The van der Waals surface area contributed by atoms with Crippen molar-refractivity contribution in [2.75, 3.05) is 37.2 Å². The number of aliphatic hydroxyl groups is 1. The van der Waals surface area contributed by atoms with Gasteiger partial charge in [-0.1, -0.05) is 11.6 Å². The molecule has 1 aromatic rings. The molecule has 0 aromatic carbocycles. The standard InChI is InChI=1S/C15H19ClN8O2/c16-8-3-9(22-11-4-10(17)20-7-21-11)14(26)24-12(8)13(25)23-15(24)5-18-1-2-19-6-15/h3-4,7,14,18-19,26H,1-2,5-6H2,(H,23,25)(H3,17,20,21,22). The van der Waals surface area contributed by atoms with Gasteiger partial charge in [-0.3, -0.25) is 4.79 Å². The van der Waals surface area contributed by atoms with Gasteiger partial charge in [0.05, 0.1) is 10.7 Å². The van der Waals surface area contributed by atoms with Crippen molar-refractivity contribution in [3.05, 3.63) is 34.9 Å². The minimum atomic E-state index is -1.12. The summed E-state index contributed by atoms with van der Waals surface area (Å²) in [6, 6.07) is 1.54. The van der Waals surface area contributed by atoms with Crippen molar-refractivity contribution in [1.29, 1.82) is 0 Å². The summed E-state index contributed by atoms with van der Waals surface area (Å²) in [4.78, 5) is 22.0. The van der Waals surface area contributed by atoms with Gasteiger partial charge in [0, 0.05) is 32.2 Å². The van der Waals surface area contributed by atoms with Crippen molar-refractivity contribution in [3.63, 3.8) is 0 Å². The maximum atomic E-state index is 12.5. The molecule has 1 spiro atoms. The molecule has 138 valence electrons. The summed E-state index contributed by atoms with van der Waals surface area (Å²) in [6.07, 6.45) is 1.72. The van der Waals surface area contributed by atoms with Crippen molar-refractivity contribution >= 4 is 29.1 Å². The van der Waals surface area contributed by atoms with Gasteiger partial charge in [-0.2, -0.15) is 0 Å². The van der Waals surface area contributed by atoms with E-state index in [4.69, 9.17) is 17.3 Å². The highest BCUT2D eigenvalue weighted by Gasteiger charge is 2.53. The fraction of sp³-hybridized carbons (Fsp3) is 0.400. The van der Waals surface area contributed by atoms with Gasteiger partial charge < -0.3 is 37.0 Å².